The normalized spacial score (nSPS) is 16.8. The molecule has 0 radical (unpaired) electrons. The Labute approximate surface area is 185 Å². The number of methoxy groups -OCH3 is 1. The van der Waals surface area contributed by atoms with Crippen molar-refractivity contribution in [2.45, 2.75) is 26.4 Å². The van der Waals surface area contributed by atoms with Crippen LogP contribution in [0.25, 0.3) is 11.5 Å². The SMILES string of the molecule is COc1ccccc1-c1nn(CN2CCC[C@@H](C(=O)Nc3cccc(C)n3)C2)c(=S)o1. The van der Waals surface area contributed by atoms with Crippen LogP contribution < -0.4 is 10.1 Å². The summed E-state index contributed by atoms with van der Waals surface area (Å²) in [5, 5.41) is 7.48. The van der Waals surface area contributed by atoms with Crippen molar-refractivity contribution >= 4 is 23.9 Å². The summed E-state index contributed by atoms with van der Waals surface area (Å²) in [5.74, 6) is 1.54. The van der Waals surface area contributed by atoms with Crippen LogP contribution in [0.5, 0.6) is 5.75 Å². The van der Waals surface area contributed by atoms with Crippen LogP contribution in [-0.2, 0) is 11.5 Å². The first kappa shape index (κ1) is 21.2. The van der Waals surface area contributed by atoms with Crippen LogP contribution >= 0.6 is 12.2 Å². The molecule has 1 aliphatic heterocycles. The van der Waals surface area contributed by atoms with Gasteiger partial charge in [-0.2, -0.15) is 0 Å². The van der Waals surface area contributed by atoms with Crippen LogP contribution in [-0.4, -0.2) is 45.8 Å². The number of aryl methyl sites for hydroxylation is 1. The molecule has 0 spiro atoms. The van der Waals surface area contributed by atoms with Gasteiger partial charge in [-0.05, 0) is 62.8 Å². The smallest absolute Gasteiger partial charge is 0.288 e. The van der Waals surface area contributed by atoms with Crippen LogP contribution in [0.2, 0.25) is 0 Å². The molecule has 3 heterocycles. The van der Waals surface area contributed by atoms with Gasteiger partial charge in [0.2, 0.25) is 5.91 Å². The van der Waals surface area contributed by atoms with E-state index in [4.69, 9.17) is 21.4 Å². The van der Waals surface area contributed by atoms with Crippen LogP contribution in [0.4, 0.5) is 5.82 Å². The van der Waals surface area contributed by atoms with Gasteiger partial charge in [-0.25, -0.2) is 9.67 Å². The van der Waals surface area contributed by atoms with Gasteiger partial charge in [0.1, 0.15) is 11.6 Å². The first-order chi connectivity index (χ1) is 15.0. The summed E-state index contributed by atoms with van der Waals surface area (Å²) in [6, 6.07) is 13.1. The van der Waals surface area contributed by atoms with Gasteiger partial charge in [0.05, 0.1) is 25.3 Å². The number of benzene rings is 1. The second-order valence-corrected chi connectivity index (χ2v) is 7.93. The number of carbonyl (C=O) groups excluding carboxylic acids is 1. The summed E-state index contributed by atoms with van der Waals surface area (Å²) >= 11 is 5.38. The molecule has 31 heavy (non-hydrogen) atoms. The Balaban J connectivity index is 1.43. The average molecular weight is 440 g/mol. The fraction of sp³-hybridized carbons (Fsp3) is 0.364. The third-order valence-electron chi connectivity index (χ3n) is 5.29. The summed E-state index contributed by atoms with van der Waals surface area (Å²) < 4.78 is 12.8. The molecule has 1 saturated heterocycles. The van der Waals surface area contributed by atoms with E-state index in [1.807, 2.05) is 43.3 Å². The highest BCUT2D eigenvalue weighted by atomic mass is 32.1. The number of hydrogen-bond donors (Lipinski definition) is 1. The zero-order chi connectivity index (χ0) is 21.8. The zero-order valence-corrected chi connectivity index (χ0v) is 18.4. The Kier molecular flexibility index (Phi) is 6.43. The number of anilines is 1. The number of amides is 1. The minimum atomic E-state index is -0.120. The van der Waals surface area contributed by atoms with E-state index in [1.54, 1.807) is 17.9 Å². The maximum Gasteiger partial charge on any atom is 0.288 e. The lowest BCUT2D eigenvalue weighted by atomic mass is 9.97. The number of aromatic nitrogens is 3. The largest absolute Gasteiger partial charge is 0.496 e. The van der Waals surface area contributed by atoms with Crippen molar-refractivity contribution in [3.8, 4) is 17.2 Å². The lowest BCUT2D eigenvalue weighted by Crippen LogP contribution is -2.41. The molecule has 0 bridgehead atoms. The summed E-state index contributed by atoms with van der Waals surface area (Å²) in [7, 11) is 1.61. The molecule has 9 heteroatoms. The van der Waals surface area contributed by atoms with Gasteiger partial charge in [0, 0.05) is 12.2 Å². The molecular weight excluding hydrogens is 414 g/mol. The monoisotopic (exact) mass is 439 g/mol. The number of pyridine rings is 1. The van der Waals surface area contributed by atoms with Gasteiger partial charge < -0.3 is 14.5 Å². The lowest BCUT2D eigenvalue weighted by Gasteiger charge is -2.31. The summed E-state index contributed by atoms with van der Waals surface area (Å²) in [6.45, 7) is 3.85. The minimum Gasteiger partial charge on any atom is -0.496 e. The highest BCUT2D eigenvalue weighted by Gasteiger charge is 2.27. The van der Waals surface area contributed by atoms with Gasteiger partial charge >= 0.3 is 0 Å². The Bertz CT molecular complexity index is 1130. The van der Waals surface area contributed by atoms with Gasteiger partial charge in [0.15, 0.2) is 0 Å². The number of piperidine rings is 1. The number of nitrogens with zero attached hydrogens (tertiary/aromatic N) is 4. The van der Waals surface area contributed by atoms with Crippen molar-refractivity contribution in [3.05, 3.63) is 53.0 Å². The molecule has 1 fully saturated rings. The van der Waals surface area contributed by atoms with Gasteiger partial charge in [-0.1, -0.05) is 18.2 Å². The quantitative estimate of drug-likeness (QED) is 0.583. The van der Waals surface area contributed by atoms with Crippen molar-refractivity contribution in [1.82, 2.24) is 19.7 Å². The Morgan fingerprint density at radius 2 is 2.13 bits per heavy atom. The molecule has 1 N–H and O–H groups in total. The molecule has 1 aliphatic rings. The lowest BCUT2D eigenvalue weighted by molar-refractivity contribution is -0.121. The number of hydrogen-bond acceptors (Lipinski definition) is 7. The maximum absolute atomic E-state index is 12.8. The van der Waals surface area contributed by atoms with Gasteiger partial charge in [-0.15, -0.1) is 5.10 Å². The Hall–Kier alpha value is -3.04. The molecular formula is C22H25N5O3S. The zero-order valence-electron chi connectivity index (χ0n) is 17.6. The summed E-state index contributed by atoms with van der Waals surface area (Å²) in [5.41, 5.74) is 1.62. The van der Waals surface area contributed by atoms with E-state index in [0.717, 1.165) is 30.6 Å². The number of nitrogens with one attached hydrogen (secondary N) is 1. The van der Waals surface area contributed by atoms with Crippen molar-refractivity contribution in [3.63, 3.8) is 0 Å². The van der Waals surface area contributed by atoms with E-state index in [2.05, 4.69) is 20.3 Å². The predicted molar refractivity (Wildman–Crippen MR) is 119 cm³/mol. The van der Waals surface area contributed by atoms with E-state index < -0.39 is 0 Å². The fourth-order valence-electron chi connectivity index (χ4n) is 3.75. The standard InChI is InChI=1S/C22H25N5O3S/c1-15-7-5-11-19(23-15)24-20(28)16-8-6-12-26(13-16)14-27-22(31)30-21(25-27)17-9-3-4-10-18(17)29-2/h3-5,7,9-11,16H,6,8,12-14H2,1-2H3,(H,23,24,28)/t16-/m1/s1. The van der Waals surface area contributed by atoms with Crippen LogP contribution in [0.1, 0.15) is 18.5 Å². The van der Waals surface area contributed by atoms with Crippen molar-refractivity contribution in [1.29, 1.82) is 0 Å². The van der Waals surface area contributed by atoms with Crippen LogP contribution in [0, 0.1) is 17.7 Å². The maximum atomic E-state index is 12.8. The van der Waals surface area contributed by atoms with E-state index >= 15 is 0 Å². The second-order valence-electron chi connectivity index (χ2n) is 7.58. The third-order valence-corrected chi connectivity index (χ3v) is 5.59. The number of ether oxygens (including phenoxy) is 1. The van der Waals surface area contributed by atoms with Gasteiger partial charge in [0.25, 0.3) is 10.7 Å². The fourth-order valence-corrected chi connectivity index (χ4v) is 3.93. The van der Waals surface area contributed by atoms with E-state index in [-0.39, 0.29) is 16.7 Å². The van der Waals surface area contributed by atoms with Crippen LogP contribution in [0.15, 0.2) is 46.9 Å². The molecule has 1 aromatic carbocycles. The molecule has 1 amide bonds. The molecule has 4 rings (SSSR count). The highest BCUT2D eigenvalue weighted by molar-refractivity contribution is 7.71. The Morgan fingerprint density at radius 1 is 1.29 bits per heavy atom. The molecule has 8 nitrogen and oxygen atoms in total. The molecule has 162 valence electrons. The second kappa shape index (κ2) is 9.40. The van der Waals surface area contributed by atoms with E-state index in [1.165, 1.54) is 0 Å². The number of rotatable bonds is 6. The van der Waals surface area contributed by atoms with Gasteiger partial charge in [-0.3, -0.25) is 9.69 Å². The molecule has 0 aliphatic carbocycles. The molecule has 1 atom stereocenters. The minimum absolute atomic E-state index is 0.0127. The molecule has 2 aromatic heterocycles. The molecule has 0 unspecified atom stereocenters. The Morgan fingerprint density at radius 3 is 2.94 bits per heavy atom. The summed E-state index contributed by atoms with van der Waals surface area (Å²) in [6.07, 6.45) is 1.76. The average Bonchev–Trinajstić information content (AvgIpc) is 3.14. The third kappa shape index (κ3) is 5.00. The topological polar surface area (TPSA) is 85.4 Å². The highest BCUT2D eigenvalue weighted by Crippen LogP contribution is 2.28. The van der Waals surface area contributed by atoms with E-state index in [0.29, 0.717) is 30.7 Å². The predicted octanol–water partition coefficient (Wildman–Crippen LogP) is 3.89. The first-order valence-electron chi connectivity index (χ1n) is 10.2. The van der Waals surface area contributed by atoms with E-state index in [9.17, 15) is 4.79 Å². The number of likely N-dealkylation sites (tertiary alicyclic amines) is 1. The number of para-hydroxylation sites is 1. The number of carbonyl (C=O) groups is 1. The molecule has 3 aromatic rings. The molecule has 0 saturated carbocycles. The van der Waals surface area contributed by atoms with Crippen molar-refractivity contribution in [2.75, 3.05) is 25.5 Å². The van der Waals surface area contributed by atoms with Crippen LogP contribution in [0.3, 0.4) is 0 Å². The summed E-state index contributed by atoms with van der Waals surface area (Å²) in [4.78, 5) is 19.6. The van der Waals surface area contributed by atoms with Crippen molar-refractivity contribution in [2.24, 2.45) is 5.92 Å². The van der Waals surface area contributed by atoms with Crippen molar-refractivity contribution < 1.29 is 13.9 Å². The first-order valence-corrected chi connectivity index (χ1v) is 10.6.